The van der Waals surface area contributed by atoms with Gasteiger partial charge in [0.25, 0.3) is 0 Å². The maximum absolute atomic E-state index is 5.66. The van der Waals surface area contributed by atoms with Crippen molar-refractivity contribution in [2.75, 3.05) is 26.2 Å². The van der Waals surface area contributed by atoms with Crippen molar-refractivity contribution >= 4 is 0 Å². The second kappa shape index (κ2) is 6.65. The second-order valence-electron chi connectivity index (χ2n) is 4.69. The number of rotatable bonds is 5. The Morgan fingerprint density at radius 3 is 2.65 bits per heavy atom. The first kappa shape index (κ1) is 12.4. The fraction of sp³-hybridized carbons (Fsp3) is 0.600. The van der Waals surface area contributed by atoms with Gasteiger partial charge in [-0.2, -0.15) is 0 Å². The molecular formula is C15H23NO. The zero-order chi connectivity index (χ0) is 11.9. The summed E-state index contributed by atoms with van der Waals surface area (Å²) in [6, 6.07) is 8.42. The average molecular weight is 233 g/mol. The van der Waals surface area contributed by atoms with Gasteiger partial charge in [0, 0.05) is 6.54 Å². The van der Waals surface area contributed by atoms with Crippen LogP contribution in [0.1, 0.15) is 31.7 Å². The molecule has 0 bridgehead atoms. The van der Waals surface area contributed by atoms with Crippen molar-refractivity contribution in [3.8, 4) is 5.75 Å². The zero-order valence-corrected chi connectivity index (χ0v) is 10.8. The number of likely N-dealkylation sites (tertiary alicyclic amines) is 1. The third-order valence-corrected chi connectivity index (χ3v) is 3.42. The summed E-state index contributed by atoms with van der Waals surface area (Å²) < 4.78 is 5.66. The van der Waals surface area contributed by atoms with E-state index in [4.69, 9.17) is 4.74 Å². The van der Waals surface area contributed by atoms with E-state index in [1.165, 1.54) is 44.5 Å². The molecule has 0 aromatic heterocycles. The zero-order valence-electron chi connectivity index (χ0n) is 10.8. The Labute approximate surface area is 105 Å². The molecule has 1 aliphatic heterocycles. The molecule has 2 rings (SSSR count). The van der Waals surface area contributed by atoms with Gasteiger partial charge < -0.3 is 9.64 Å². The van der Waals surface area contributed by atoms with E-state index in [9.17, 15) is 0 Å². The highest BCUT2D eigenvalue weighted by Gasteiger charge is 2.10. The van der Waals surface area contributed by atoms with E-state index in [1.54, 1.807) is 0 Å². The summed E-state index contributed by atoms with van der Waals surface area (Å²) in [6.07, 6.45) is 5.25. The van der Waals surface area contributed by atoms with Gasteiger partial charge in [-0.3, -0.25) is 0 Å². The molecule has 1 fully saturated rings. The van der Waals surface area contributed by atoms with Crippen LogP contribution in [0.2, 0.25) is 0 Å². The van der Waals surface area contributed by atoms with Crippen LogP contribution >= 0.6 is 0 Å². The van der Waals surface area contributed by atoms with Crippen LogP contribution in [0.5, 0.6) is 5.75 Å². The molecule has 1 aliphatic rings. The molecule has 1 aromatic rings. The number of hydrogen-bond donors (Lipinski definition) is 0. The SMILES string of the molecule is CCOc1ccccc1CCN1CCCCC1. The van der Waals surface area contributed by atoms with Gasteiger partial charge in [0.2, 0.25) is 0 Å². The van der Waals surface area contributed by atoms with Crippen LogP contribution < -0.4 is 4.74 Å². The first-order chi connectivity index (χ1) is 8.40. The fourth-order valence-corrected chi connectivity index (χ4v) is 2.47. The summed E-state index contributed by atoms with van der Waals surface area (Å²) in [5.74, 6) is 1.06. The van der Waals surface area contributed by atoms with E-state index >= 15 is 0 Å². The molecule has 0 saturated carbocycles. The molecule has 17 heavy (non-hydrogen) atoms. The van der Waals surface area contributed by atoms with Gasteiger partial charge >= 0.3 is 0 Å². The van der Waals surface area contributed by atoms with E-state index in [1.807, 2.05) is 6.92 Å². The van der Waals surface area contributed by atoms with Gasteiger partial charge in [-0.25, -0.2) is 0 Å². The molecule has 1 aromatic carbocycles. The first-order valence-electron chi connectivity index (χ1n) is 6.83. The second-order valence-corrected chi connectivity index (χ2v) is 4.69. The Balaban J connectivity index is 1.88. The fourth-order valence-electron chi connectivity index (χ4n) is 2.47. The molecule has 0 spiro atoms. The Morgan fingerprint density at radius 1 is 1.12 bits per heavy atom. The molecule has 1 saturated heterocycles. The van der Waals surface area contributed by atoms with Crippen molar-refractivity contribution in [3.63, 3.8) is 0 Å². The molecule has 0 unspecified atom stereocenters. The quantitative estimate of drug-likeness (QED) is 0.775. The molecule has 2 nitrogen and oxygen atoms in total. The van der Waals surface area contributed by atoms with Crippen molar-refractivity contribution in [3.05, 3.63) is 29.8 Å². The molecule has 0 atom stereocenters. The maximum Gasteiger partial charge on any atom is 0.122 e. The van der Waals surface area contributed by atoms with Crippen LogP contribution in [0.15, 0.2) is 24.3 Å². The van der Waals surface area contributed by atoms with E-state index < -0.39 is 0 Å². The Hall–Kier alpha value is -1.02. The third kappa shape index (κ3) is 3.74. The molecule has 0 N–H and O–H groups in total. The van der Waals surface area contributed by atoms with Gasteiger partial charge in [-0.1, -0.05) is 24.6 Å². The van der Waals surface area contributed by atoms with E-state index in [0.29, 0.717) is 0 Å². The molecule has 0 radical (unpaired) electrons. The smallest absolute Gasteiger partial charge is 0.122 e. The number of nitrogens with zero attached hydrogens (tertiary/aromatic N) is 1. The van der Waals surface area contributed by atoms with E-state index in [0.717, 1.165) is 18.8 Å². The van der Waals surface area contributed by atoms with Crippen LogP contribution in [0.25, 0.3) is 0 Å². The van der Waals surface area contributed by atoms with Gasteiger partial charge in [-0.05, 0) is 50.9 Å². The Bertz CT molecular complexity index is 331. The van der Waals surface area contributed by atoms with Crippen LogP contribution in [-0.2, 0) is 6.42 Å². The minimum absolute atomic E-state index is 0.751. The average Bonchev–Trinajstić information content (AvgIpc) is 2.39. The number of hydrogen-bond acceptors (Lipinski definition) is 2. The van der Waals surface area contributed by atoms with Crippen molar-refractivity contribution in [2.45, 2.75) is 32.6 Å². The van der Waals surface area contributed by atoms with Crippen molar-refractivity contribution in [1.29, 1.82) is 0 Å². The summed E-state index contributed by atoms with van der Waals surface area (Å²) in [7, 11) is 0. The normalized spacial score (nSPS) is 17.0. The summed E-state index contributed by atoms with van der Waals surface area (Å²) in [6.45, 7) is 6.51. The van der Waals surface area contributed by atoms with Crippen molar-refractivity contribution in [1.82, 2.24) is 4.90 Å². The van der Waals surface area contributed by atoms with Crippen molar-refractivity contribution < 1.29 is 4.74 Å². The lowest BCUT2D eigenvalue weighted by atomic mass is 10.1. The van der Waals surface area contributed by atoms with Gasteiger partial charge in [-0.15, -0.1) is 0 Å². The third-order valence-electron chi connectivity index (χ3n) is 3.42. The Kier molecular flexibility index (Phi) is 4.87. The Morgan fingerprint density at radius 2 is 1.88 bits per heavy atom. The molecule has 0 aliphatic carbocycles. The van der Waals surface area contributed by atoms with Gasteiger partial charge in [0.1, 0.15) is 5.75 Å². The highest BCUT2D eigenvalue weighted by molar-refractivity contribution is 5.33. The summed E-state index contributed by atoms with van der Waals surface area (Å²) >= 11 is 0. The predicted octanol–water partition coefficient (Wildman–Crippen LogP) is 3.11. The topological polar surface area (TPSA) is 12.5 Å². The van der Waals surface area contributed by atoms with Crippen LogP contribution in [-0.4, -0.2) is 31.1 Å². The van der Waals surface area contributed by atoms with Crippen molar-refractivity contribution in [2.24, 2.45) is 0 Å². The summed E-state index contributed by atoms with van der Waals surface area (Å²) in [4.78, 5) is 2.58. The maximum atomic E-state index is 5.66. The largest absolute Gasteiger partial charge is 0.494 e. The highest BCUT2D eigenvalue weighted by Crippen LogP contribution is 2.19. The number of benzene rings is 1. The predicted molar refractivity (Wildman–Crippen MR) is 71.6 cm³/mol. The van der Waals surface area contributed by atoms with Gasteiger partial charge in [0.05, 0.1) is 6.61 Å². The van der Waals surface area contributed by atoms with Crippen LogP contribution in [0.4, 0.5) is 0 Å². The highest BCUT2D eigenvalue weighted by atomic mass is 16.5. The van der Waals surface area contributed by atoms with Crippen LogP contribution in [0, 0.1) is 0 Å². The monoisotopic (exact) mass is 233 g/mol. The number of piperidine rings is 1. The van der Waals surface area contributed by atoms with E-state index in [-0.39, 0.29) is 0 Å². The lowest BCUT2D eigenvalue weighted by Crippen LogP contribution is -2.31. The van der Waals surface area contributed by atoms with E-state index in [2.05, 4.69) is 29.2 Å². The lowest BCUT2D eigenvalue weighted by Gasteiger charge is -2.26. The van der Waals surface area contributed by atoms with Gasteiger partial charge in [0.15, 0.2) is 0 Å². The lowest BCUT2D eigenvalue weighted by molar-refractivity contribution is 0.230. The number of ether oxygens (including phenoxy) is 1. The first-order valence-corrected chi connectivity index (χ1v) is 6.83. The molecule has 2 heteroatoms. The summed E-state index contributed by atoms with van der Waals surface area (Å²) in [5, 5.41) is 0. The molecule has 1 heterocycles. The molecular weight excluding hydrogens is 210 g/mol. The molecule has 94 valence electrons. The standard InChI is InChI=1S/C15H23NO/c1-2-17-15-9-5-4-8-14(15)10-13-16-11-6-3-7-12-16/h4-5,8-9H,2-3,6-7,10-13H2,1H3. The molecule has 0 amide bonds. The number of para-hydroxylation sites is 1. The minimum atomic E-state index is 0.751. The van der Waals surface area contributed by atoms with Crippen LogP contribution in [0.3, 0.4) is 0 Å². The summed E-state index contributed by atoms with van der Waals surface area (Å²) in [5.41, 5.74) is 1.35. The minimum Gasteiger partial charge on any atom is -0.494 e.